The smallest absolute Gasteiger partial charge is 0.241 e. The zero-order valence-electron chi connectivity index (χ0n) is 11.8. The van der Waals surface area contributed by atoms with Gasteiger partial charge in [-0.1, -0.05) is 30.3 Å². The summed E-state index contributed by atoms with van der Waals surface area (Å²) in [4.78, 5) is 11.8. The Labute approximate surface area is 120 Å². The van der Waals surface area contributed by atoms with Crippen LogP contribution < -0.4 is 5.32 Å². The predicted octanol–water partition coefficient (Wildman–Crippen LogP) is 0.769. The molecule has 0 aliphatic carbocycles. The molecule has 1 fully saturated rings. The Bertz CT molecular complexity index is 582. The van der Waals surface area contributed by atoms with E-state index in [9.17, 15) is 13.2 Å². The largest absolute Gasteiger partial charge is 0.353 e. The van der Waals surface area contributed by atoms with Gasteiger partial charge in [-0.2, -0.15) is 4.31 Å². The number of nitrogens with one attached hydrogen (secondary N) is 1. The molecule has 6 heteroatoms. The van der Waals surface area contributed by atoms with E-state index < -0.39 is 15.6 Å². The summed E-state index contributed by atoms with van der Waals surface area (Å²) in [7, 11) is -3.45. The minimum absolute atomic E-state index is 0.0216. The Morgan fingerprint density at radius 2 is 1.90 bits per heavy atom. The standard InChI is InChI=1S/C14H20N2O3S/c1-14(2)13(17)15-9-10-16(14)20(18,19)11-8-12-6-4-3-5-7-12/h3-7H,8-11H2,1-2H3,(H,15,17). The number of aryl methyl sites for hydroxylation is 1. The first-order chi connectivity index (χ1) is 9.34. The molecule has 110 valence electrons. The van der Waals surface area contributed by atoms with Gasteiger partial charge in [-0.25, -0.2) is 8.42 Å². The predicted molar refractivity (Wildman–Crippen MR) is 77.7 cm³/mol. The molecule has 5 nitrogen and oxygen atoms in total. The minimum Gasteiger partial charge on any atom is -0.353 e. The van der Waals surface area contributed by atoms with Crippen LogP contribution in [0.15, 0.2) is 30.3 Å². The van der Waals surface area contributed by atoms with Gasteiger partial charge in [0.1, 0.15) is 5.54 Å². The summed E-state index contributed by atoms with van der Waals surface area (Å²) in [5.41, 5.74) is -0.0383. The van der Waals surface area contributed by atoms with Crippen molar-refractivity contribution in [1.82, 2.24) is 9.62 Å². The lowest BCUT2D eigenvalue weighted by Crippen LogP contribution is -2.63. The number of carbonyl (C=O) groups excluding carboxylic acids is 1. The quantitative estimate of drug-likeness (QED) is 0.892. The highest BCUT2D eigenvalue weighted by atomic mass is 32.2. The average molecular weight is 296 g/mol. The van der Waals surface area contributed by atoms with Crippen molar-refractivity contribution in [3.63, 3.8) is 0 Å². The number of carbonyl (C=O) groups is 1. The molecule has 0 bridgehead atoms. The van der Waals surface area contributed by atoms with E-state index in [1.165, 1.54) is 4.31 Å². The number of nitrogens with zero attached hydrogens (tertiary/aromatic N) is 1. The van der Waals surface area contributed by atoms with Crippen LogP contribution in [0.4, 0.5) is 0 Å². The van der Waals surface area contributed by atoms with Crippen molar-refractivity contribution >= 4 is 15.9 Å². The molecule has 1 heterocycles. The maximum Gasteiger partial charge on any atom is 0.241 e. The number of hydrogen-bond donors (Lipinski definition) is 1. The Morgan fingerprint density at radius 3 is 2.55 bits per heavy atom. The number of sulfonamides is 1. The number of benzene rings is 1. The molecule has 1 aliphatic heterocycles. The van der Waals surface area contributed by atoms with E-state index >= 15 is 0 Å². The van der Waals surface area contributed by atoms with Gasteiger partial charge in [-0.05, 0) is 25.8 Å². The van der Waals surface area contributed by atoms with Gasteiger partial charge in [-0.15, -0.1) is 0 Å². The third-order valence-electron chi connectivity index (χ3n) is 3.61. The SMILES string of the molecule is CC1(C)C(=O)NCCN1S(=O)(=O)CCc1ccccc1. The monoisotopic (exact) mass is 296 g/mol. The molecule has 1 aromatic rings. The molecule has 1 amide bonds. The van der Waals surface area contributed by atoms with E-state index in [2.05, 4.69) is 5.32 Å². The summed E-state index contributed by atoms with van der Waals surface area (Å²) in [5.74, 6) is -0.222. The maximum atomic E-state index is 12.5. The molecule has 1 aliphatic rings. The van der Waals surface area contributed by atoms with Crippen molar-refractivity contribution in [1.29, 1.82) is 0 Å². The van der Waals surface area contributed by atoms with Crippen LogP contribution in [0.5, 0.6) is 0 Å². The van der Waals surface area contributed by atoms with Crippen LogP contribution in [0.25, 0.3) is 0 Å². The minimum atomic E-state index is -3.45. The van der Waals surface area contributed by atoms with Crippen molar-refractivity contribution in [2.24, 2.45) is 0 Å². The van der Waals surface area contributed by atoms with Gasteiger partial charge in [0.25, 0.3) is 0 Å². The second-order valence-electron chi connectivity index (χ2n) is 5.44. The maximum absolute atomic E-state index is 12.5. The summed E-state index contributed by atoms with van der Waals surface area (Å²) in [6, 6.07) is 9.49. The van der Waals surface area contributed by atoms with Crippen LogP contribution in [0.3, 0.4) is 0 Å². The fraction of sp³-hybridized carbons (Fsp3) is 0.500. The van der Waals surface area contributed by atoms with Gasteiger partial charge >= 0.3 is 0 Å². The second-order valence-corrected chi connectivity index (χ2v) is 7.45. The average Bonchev–Trinajstić information content (AvgIpc) is 2.40. The highest BCUT2D eigenvalue weighted by molar-refractivity contribution is 7.89. The van der Waals surface area contributed by atoms with Crippen LogP contribution in [0.1, 0.15) is 19.4 Å². The third kappa shape index (κ3) is 3.02. The molecule has 1 aromatic carbocycles. The fourth-order valence-electron chi connectivity index (χ4n) is 2.37. The molecule has 1 saturated heterocycles. The molecular weight excluding hydrogens is 276 g/mol. The first-order valence-corrected chi connectivity index (χ1v) is 8.28. The Hall–Kier alpha value is -1.40. The van der Waals surface area contributed by atoms with Crippen LogP contribution in [-0.4, -0.2) is 43.0 Å². The van der Waals surface area contributed by atoms with Crippen molar-refractivity contribution in [3.05, 3.63) is 35.9 Å². The molecule has 0 aromatic heterocycles. The summed E-state index contributed by atoms with van der Waals surface area (Å²) < 4.78 is 26.3. The molecule has 0 saturated carbocycles. The van der Waals surface area contributed by atoms with Crippen molar-refractivity contribution in [2.45, 2.75) is 25.8 Å². The highest BCUT2D eigenvalue weighted by Gasteiger charge is 2.43. The van der Waals surface area contributed by atoms with Gasteiger partial charge in [0.2, 0.25) is 15.9 Å². The summed E-state index contributed by atoms with van der Waals surface area (Å²) in [5, 5.41) is 2.70. The van der Waals surface area contributed by atoms with Gasteiger partial charge in [-0.3, -0.25) is 4.79 Å². The summed E-state index contributed by atoms with van der Waals surface area (Å²) in [6.07, 6.45) is 0.456. The van der Waals surface area contributed by atoms with Crippen LogP contribution >= 0.6 is 0 Å². The lowest BCUT2D eigenvalue weighted by atomic mass is 10.0. The Kier molecular flexibility index (Phi) is 4.15. The van der Waals surface area contributed by atoms with E-state index in [1.807, 2.05) is 30.3 Å². The van der Waals surface area contributed by atoms with Crippen molar-refractivity contribution < 1.29 is 13.2 Å². The molecular formula is C14H20N2O3S. The summed E-state index contributed by atoms with van der Waals surface area (Å²) >= 11 is 0. The van der Waals surface area contributed by atoms with Gasteiger partial charge in [0.05, 0.1) is 5.75 Å². The number of rotatable bonds is 4. The second kappa shape index (κ2) is 5.54. The highest BCUT2D eigenvalue weighted by Crippen LogP contribution is 2.22. The molecule has 2 rings (SSSR count). The molecule has 20 heavy (non-hydrogen) atoms. The first-order valence-electron chi connectivity index (χ1n) is 6.67. The molecule has 0 unspecified atom stereocenters. The lowest BCUT2D eigenvalue weighted by Gasteiger charge is -2.39. The van der Waals surface area contributed by atoms with Crippen LogP contribution in [0, 0.1) is 0 Å². The first kappa shape index (κ1) is 15.0. The lowest BCUT2D eigenvalue weighted by molar-refractivity contribution is -0.131. The number of hydrogen-bond acceptors (Lipinski definition) is 3. The van der Waals surface area contributed by atoms with E-state index in [-0.39, 0.29) is 11.7 Å². The van der Waals surface area contributed by atoms with Gasteiger partial charge < -0.3 is 5.32 Å². The third-order valence-corrected chi connectivity index (χ3v) is 5.64. The van der Waals surface area contributed by atoms with E-state index in [0.717, 1.165) is 5.56 Å². The molecule has 0 spiro atoms. The van der Waals surface area contributed by atoms with Crippen LogP contribution in [-0.2, 0) is 21.2 Å². The zero-order chi connectivity index (χ0) is 14.8. The molecule has 0 atom stereocenters. The topological polar surface area (TPSA) is 66.5 Å². The Morgan fingerprint density at radius 1 is 1.25 bits per heavy atom. The number of piperazine rings is 1. The van der Waals surface area contributed by atoms with Gasteiger partial charge in [0, 0.05) is 13.1 Å². The molecule has 1 N–H and O–H groups in total. The van der Waals surface area contributed by atoms with E-state index in [1.54, 1.807) is 13.8 Å². The van der Waals surface area contributed by atoms with Crippen LogP contribution in [0.2, 0.25) is 0 Å². The van der Waals surface area contributed by atoms with E-state index in [0.29, 0.717) is 19.5 Å². The van der Waals surface area contributed by atoms with Gasteiger partial charge in [0.15, 0.2) is 0 Å². The Balaban J connectivity index is 2.12. The van der Waals surface area contributed by atoms with Crippen molar-refractivity contribution in [2.75, 3.05) is 18.8 Å². The van der Waals surface area contributed by atoms with E-state index in [4.69, 9.17) is 0 Å². The normalized spacial score (nSPS) is 19.6. The zero-order valence-corrected chi connectivity index (χ0v) is 12.6. The number of amides is 1. The summed E-state index contributed by atoms with van der Waals surface area (Å²) in [6.45, 7) is 3.98. The molecule has 0 radical (unpaired) electrons. The fourth-order valence-corrected chi connectivity index (χ4v) is 4.23. The van der Waals surface area contributed by atoms with Crippen molar-refractivity contribution in [3.8, 4) is 0 Å².